The zero-order valence-electron chi connectivity index (χ0n) is 16.3. The van der Waals surface area contributed by atoms with Crippen LogP contribution < -0.4 is 5.73 Å². The van der Waals surface area contributed by atoms with Gasteiger partial charge in [0.05, 0.1) is 5.92 Å². The normalized spacial score (nSPS) is 15.7. The van der Waals surface area contributed by atoms with Gasteiger partial charge in [-0.25, -0.2) is 4.39 Å². The standard InChI is InChI=1S/C22H25FN4O.ClH/c23-19-9-7-17(8-10-19)20(14-24)22-25-21(26-28-22)18-6-4-5-16(13-18)15-27-11-2-1-3-12-27;/h4-10,13,20H,1-3,11-12,14-15,24H2;1H. The number of benzene rings is 2. The lowest BCUT2D eigenvalue weighted by atomic mass is 9.99. The molecule has 1 atom stereocenters. The monoisotopic (exact) mass is 416 g/mol. The maximum Gasteiger partial charge on any atom is 0.235 e. The van der Waals surface area contributed by atoms with Crippen molar-refractivity contribution < 1.29 is 8.91 Å². The van der Waals surface area contributed by atoms with Crippen molar-refractivity contribution in [2.45, 2.75) is 31.7 Å². The van der Waals surface area contributed by atoms with Crippen molar-refractivity contribution in [2.24, 2.45) is 5.73 Å². The van der Waals surface area contributed by atoms with E-state index in [0.29, 0.717) is 18.3 Å². The summed E-state index contributed by atoms with van der Waals surface area (Å²) in [6.45, 7) is 3.57. The molecule has 154 valence electrons. The molecule has 1 unspecified atom stereocenters. The minimum absolute atomic E-state index is 0. The van der Waals surface area contributed by atoms with Gasteiger partial charge in [0.1, 0.15) is 5.82 Å². The Morgan fingerprint density at radius 1 is 1.07 bits per heavy atom. The van der Waals surface area contributed by atoms with Crippen LogP contribution in [0, 0.1) is 5.82 Å². The fourth-order valence-corrected chi connectivity index (χ4v) is 3.75. The highest BCUT2D eigenvalue weighted by atomic mass is 35.5. The summed E-state index contributed by atoms with van der Waals surface area (Å²) in [5.74, 6) is 0.469. The molecule has 0 amide bonds. The molecule has 1 saturated heterocycles. The van der Waals surface area contributed by atoms with Crippen LogP contribution in [0.25, 0.3) is 11.4 Å². The zero-order chi connectivity index (χ0) is 19.3. The Kier molecular flexibility index (Phi) is 7.36. The lowest BCUT2D eigenvalue weighted by molar-refractivity contribution is 0.221. The molecule has 29 heavy (non-hydrogen) atoms. The molecule has 1 aromatic heterocycles. The van der Waals surface area contributed by atoms with E-state index in [0.717, 1.165) is 30.8 Å². The van der Waals surface area contributed by atoms with Gasteiger partial charge in [-0.1, -0.05) is 41.9 Å². The van der Waals surface area contributed by atoms with E-state index in [1.165, 1.54) is 37.0 Å². The van der Waals surface area contributed by atoms with Crippen molar-refractivity contribution in [2.75, 3.05) is 19.6 Å². The summed E-state index contributed by atoms with van der Waals surface area (Å²) in [4.78, 5) is 7.06. The van der Waals surface area contributed by atoms with Crippen molar-refractivity contribution in [1.82, 2.24) is 15.0 Å². The van der Waals surface area contributed by atoms with Gasteiger partial charge in [-0.05, 0) is 55.3 Å². The predicted molar refractivity (Wildman–Crippen MR) is 113 cm³/mol. The van der Waals surface area contributed by atoms with Crippen molar-refractivity contribution in [3.8, 4) is 11.4 Å². The van der Waals surface area contributed by atoms with Crippen LogP contribution in [0.3, 0.4) is 0 Å². The van der Waals surface area contributed by atoms with Gasteiger partial charge in [-0.15, -0.1) is 12.4 Å². The molecule has 0 saturated carbocycles. The fraction of sp³-hybridized carbons (Fsp3) is 0.364. The maximum atomic E-state index is 13.2. The SMILES string of the molecule is Cl.NCC(c1ccc(F)cc1)c1nc(-c2cccc(CN3CCCCC3)c2)no1. The predicted octanol–water partition coefficient (Wildman–Crippen LogP) is 4.37. The summed E-state index contributed by atoms with van der Waals surface area (Å²) in [5, 5.41) is 4.16. The molecule has 0 aliphatic carbocycles. The molecule has 0 radical (unpaired) electrons. The molecule has 1 aliphatic heterocycles. The van der Waals surface area contributed by atoms with E-state index in [-0.39, 0.29) is 24.1 Å². The van der Waals surface area contributed by atoms with Gasteiger partial charge in [0, 0.05) is 18.7 Å². The molecule has 1 aliphatic rings. The molecule has 7 heteroatoms. The molecular weight excluding hydrogens is 391 g/mol. The smallest absolute Gasteiger partial charge is 0.235 e. The minimum atomic E-state index is -0.281. The number of piperidine rings is 1. The van der Waals surface area contributed by atoms with Crippen LogP contribution in [-0.4, -0.2) is 34.7 Å². The third-order valence-electron chi connectivity index (χ3n) is 5.29. The van der Waals surface area contributed by atoms with Gasteiger partial charge in [-0.2, -0.15) is 4.98 Å². The van der Waals surface area contributed by atoms with Crippen LogP contribution in [0.4, 0.5) is 4.39 Å². The second kappa shape index (κ2) is 9.96. The summed E-state index contributed by atoms with van der Waals surface area (Å²) >= 11 is 0. The molecule has 0 spiro atoms. The van der Waals surface area contributed by atoms with Crippen LogP contribution in [0.1, 0.15) is 42.2 Å². The second-order valence-corrected chi connectivity index (χ2v) is 7.33. The first-order valence-electron chi connectivity index (χ1n) is 9.84. The Balaban J connectivity index is 0.00000240. The van der Waals surface area contributed by atoms with Crippen LogP contribution in [0.5, 0.6) is 0 Å². The molecule has 2 aromatic carbocycles. The average molecular weight is 417 g/mol. The highest BCUT2D eigenvalue weighted by molar-refractivity contribution is 5.85. The van der Waals surface area contributed by atoms with E-state index in [9.17, 15) is 4.39 Å². The van der Waals surface area contributed by atoms with Crippen LogP contribution in [-0.2, 0) is 6.54 Å². The van der Waals surface area contributed by atoms with Crippen LogP contribution >= 0.6 is 12.4 Å². The van der Waals surface area contributed by atoms with Crippen molar-refractivity contribution in [1.29, 1.82) is 0 Å². The first-order chi connectivity index (χ1) is 13.7. The van der Waals surface area contributed by atoms with Gasteiger partial charge < -0.3 is 10.3 Å². The number of rotatable bonds is 6. The Bertz CT molecular complexity index is 909. The summed E-state index contributed by atoms with van der Waals surface area (Å²) in [6, 6.07) is 14.5. The van der Waals surface area contributed by atoms with E-state index in [4.69, 9.17) is 10.3 Å². The van der Waals surface area contributed by atoms with Crippen molar-refractivity contribution in [3.05, 3.63) is 71.4 Å². The molecule has 3 aromatic rings. The second-order valence-electron chi connectivity index (χ2n) is 7.33. The Labute approximate surface area is 176 Å². The molecule has 4 rings (SSSR count). The number of aromatic nitrogens is 2. The number of nitrogens with zero attached hydrogens (tertiary/aromatic N) is 3. The lowest BCUT2D eigenvalue weighted by Gasteiger charge is -2.26. The van der Waals surface area contributed by atoms with E-state index in [1.807, 2.05) is 12.1 Å². The maximum absolute atomic E-state index is 13.2. The number of likely N-dealkylation sites (tertiary alicyclic amines) is 1. The molecule has 2 heterocycles. The van der Waals surface area contributed by atoms with Crippen LogP contribution in [0.2, 0.25) is 0 Å². The van der Waals surface area contributed by atoms with Crippen molar-refractivity contribution >= 4 is 12.4 Å². The van der Waals surface area contributed by atoms with Crippen LogP contribution in [0.15, 0.2) is 53.1 Å². The molecule has 1 fully saturated rings. The number of halogens is 2. The van der Waals surface area contributed by atoms with Gasteiger partial charge in [0.2, 0.25) is 11.7 Å². The highest BCUT2D eigenvalue weighted by Gasteiger charge is 2.20. The summed E-state index contributed by atoms with van der Waals surface area (Å²) in [5.41, 5.74) is 8.96. The molecular formula is C22H26ClFN4O. The minimum Gasteiger partial charge on any atom is -0.338 e. The largest absolute Gasteiger partial charge is 0.338 e. The zero-order valence-corrected chi connectivity index (χ0v) is 17.1. The van der Waals surface area contributed by atoms with Crippen molar-refractivity contribution in [3.63, 3.8) is 0 Å². The van der Waals surface area contributed by atoms with E-state index in [2.05, 4.69) is 27.2 Å². The Morgan fingerprint density at radius 2 is 1.83 bits per heavy atom. The molecule has 2 N–H and O–H groups in total. The third kappa shape index (κ3) is 5.21. The van der Waals surface area contributed by atoms with E-state index < -0.39 is 0 Å². The molecule has 5 nitrogen and oxygen atoms in total. The molecule has 0 bridgehead atoms. The fourth-order valence-electron chi connectivity index (χ4n) is 3.75. The van der Waals surface area contributed by atoms with Gasteiger partial charge in [-0.3, -0.25) is 4.90 Å². The quantitative estimate of drug-likeness (QED) is 0.646. The number of hydrogen-bond acceptors (Lipinski definition) is 5. The Hall–Kier alpha value is -2.28. The summed E-state index contributed by atoms with van der Waals surface area (Å²) in [6.07, 6.45) is 3.88. The first-order valence-corrected chi connectivity index (χ1v) is 9.84. The lowest BCUT2D eigenvalue weighted by Crippen LogP contribution is -2.29. The van der Waals surface area contributed by atoms with E-state index >= 15 is 0 Å². The number of hydrogen-bond donors (Lipinski definition) is 1. The van der Waals surface area contributed by atoms with Gasteiger partial charge in [0.15, 0.2) is 0 Å². The average Bonchev–Trinajstić information content (AvgIpc) is 3.21. The summed E-state index contributed by atoms with van der Waals surface area (Å²) < 4.78 is 18.7. The number of nitrogens with two attached hydrogens (primary N) is 1. The van der Waals surface area contributed by atoms with Gasteiger partial charge >= 0.3 is 0 Å². The third-order valence-corrected chi connectivity index (χ3v) is 5.29. The van der Waals surface area contributed by atoms with Gasteiger partial charge in [0.25, 0.3) is 0 Å². The first kappa shape index (κ1) is 21.4. The highest BCUT2D eigenvalue weighted by Crippen LogP contribution is 2.26. The topological polar surface area (TPSA) is 68.2 Å². The van der Waals surface area contributed by atoms with E-state index in [1.54, 1.807) is 12.1 Å². The Morgan fingerprint density at radius 3 is 2.55 bits per heavy atom. The summed E-state index contributed by atoms with van der Waals surface area (Å²) in [7, 11) is 0.